The molecule has 0 radical (unpaired) electrons. The number of hydrogen-bond acceptors (Lipinski definition) is 4. The third-order valence-corrected chi connectivity index (χ3v) is 3.77. The van der Waals surface area contributed by atoms with Crippen LogP contribution in [0.4, 0.5) is 0 Å². The third kappa shape index (κ3) is 18.6. The number of unbranched alkanes of at least 4 members (excludes halogenated alkanes) is 5. The fraction of sp³-hybridized carbons (Fsp3) is 0.800. The van der Waals surface area contributed by atoms with E-state index in [1.165, 1.54) is 0 Å². The van der Waals surface area contributed by atoms with Gasteiger partial charge in [-0.1, -0.05) is 53.4 Å². The van der Waals surface area contributed by atoms with E-state index >= 15 is 0 Å². The van der Waals surface area contributed by atoms with Gasteiger partial charge in [0.2, 0.25) is 11.8 Å². The van der Waals surface area contributed by atoms with Crippen molar-refractivity contribution < 1.29 is 9.59 Å². The molecule has 6 nitrogen and oxygen atoms in total. The second kappa shape index (κ2) is 16.7. The molecule has 0 aromatic rings. The second-order valence-electron chi connectivity index (χ2n) is 7.57. The smallest absolute Gasteiger partial charge is 0.240 e. The van der Waals surface area contributed by atoms with E-state index in [4.69, 9.17) is 0 Å². The normalized spacial score (nSPS) is 11.8. The first-order valence-corrected chi connectivity index (χ1v) is 10.0. The largest absolute Gasteiger partial charge is 0.273 e. The molecule has 0 heterocycles. The Morgan fingerprint density at radius 2 is 1.04 bits per heavy atom. The summed E-state index contributed by atoms with van der Waals surface area (Å²) >= 11 is 0. The summed E-state index contributed by atoms with van der Waals surface area (Å²) in [5.74, 6) is 1.08. The highest BCUT2D eigenvalue weighted by atomic mass is 16.2. The van der Waals surface area contributed by atoms with Crippen molar-refractivity contribution in [2.24, 2.45) is 22.0 Å². The summed E-state index contributed by atoms with van der Waals surface area (Å²) in [4.78, 5) is 23.1. The molecule has 150 valence electrons. The van der Waals surface area contributed by atoms with Crippen LogP contribution in [0.2, 0.25) is 0 Å². The lowest BCUT2D eigenvalue weighted by Crippen LogP contribution is -2.17. The molecular weight excluding hydrogens is 328 g/mol. The molecule has 0 bridgehead atoms. The zero-order chi connectivity index (χ0) is 19.6. The van der Waals surface area contributed by atoms with Crippen LogP contribution >= 0.6 is 0 Å². The third-order valence-electron chi connectivity index (χ3n) is 3.77. The Hall–Kier alpha value is -1.72. The number of carbonyl (C=O) groups excluding carboxylic acids is 2. The van der Waals surface area contributed by atoms with Crippen LogP contribution in [0.15, 0.2) is 10.2 Å². The fourth-order valence-corrected chi connectivity index (χ4v) is 2.15. The maximum absolute atomic E-state index is 11.6. The second-order valence-corrected chi connectivity index (χ2v) is 7.57. The van der Waals surface area contributed by atoms with E-state index in [2.05, 4.69) is 48.7 Å². The molecule has 0 aromatic heterocycles. The molecule has 2 amide bonds. The van der Waals surface area contributed by atoms with Gasteiger partial charge in [-0.3, -0.25) is 9.59 Å². The van der Waals surface area contributed by atoms with Gasteiger partial charge in [-0.05, 0) is 37.5 Å². The number of nitrogens with one attached hydrogen (secondary N) is 2. The maximum Gasteiger partial charge on any atom is 0.240 e. The molecule has 6 heteroatoms. The number of amides is 2. The van der Waals surface area contributed by atoms with E-state index in [-0.39, 0.29) is 11.8 Å². The Balaban J connectivity index is 3.42. The average molecular weight is 367 g/mol. The first-order chi connectivity index (χ1) is 12.4. The Morgan fingerprint density at radius 3 is 1.38 bits per heavy atom. The lowest BCUT2D eigenvalue weighted by atomic mass is 10.1. The zero-order valence-electron chi connectivity index (χ0n) is 17.1. The summed E-state index contributed by atoms with van der Waals surface area (Å²) in [6, 6.07) is 0. The van der Waals surface area contributed by atoms with Crippen molar-refractivity contribution >= 4 is 24.2 Å². The molecule has 0 saturated carbocycles. The molecule has 0 unspecified atom stereocenters. The van der Waals surface area contributed by atoms with Crippen LogP contribution in [0.5, 0.6) is 0 Å². The standard InChI is InChI=1S/C20H38N4O2/c1-17(2)13-15-21-23-19(25)11-9-7-5-6-8-10-12-20(26)24-22-16-14-18(3)4/h15-18H,5-14H2,1-4H3,(H,23,25)(H,24,26). The SMILES string of the molecule is CC(C)CC=NNC(=O)CCCCCCCCC(=O)NN=CCC(C)C. The molecule has 0 aliphatic rings. The van der Waals surface area contributed by atoms with Crippen LogP contribution in [0.25, 0.3) is 0 Å². The molecule has 2 N–H and O–H groups in total. The van der Waals surface area contributed by atoms with E-state index in [1.807, 2.05) is 0 Å². The van der Waals surface area contributed by atoms with Gasteiger partial charge in [0.25, 0.3) is 0 Å². The van der Waals surface area contributed by atoms with Gasteiger partial charge in [0.15, 0.2) is 0 Å². The number of carbonyl (C=O) groups is 2. The van der Waals surface area contributed by atoms with Crippen LogP contribution in [-0.2, 0) is 9.59 Å². The Morgan fingerprint density at radius 1 is 0.692 bits per heavy atom. The molecule has 0 atom stereocenters. The minimum absolute atomic E-state index is 0.0142. The highest BCUT2D eigenvalue weighted by Crippen LogP contribution is 2.08. The zero-order valence-corrected chi connectivity index (χ0v) is 17.1. The van der Waals surface area contributed by atoms with Crippen LogP contribution in [0.1, 0.15) is 91.9 Å². The summed E-state index contributed by atoms with van der Waals surface area (Å²) in [5.41, 5.74) is 5.13. The van der Waals surface area contributed by atoms with Gasteiger partial charge >= 0.3 is 0 Å². The molecule has 0 spiro atoms. The number of rotatable bonds is 15. The lowest BCUT2D eigenvalue weighted by Gasteiger charge is -2.03. The summed E-state index contributed by atoms with van der Waals surface area (Å²) in [6.45, 7) is 8.45. The average Bonchev–Trinajstić information content (AvgIpc) is 2.57. The maximum atomic E-state index is 11.6. The first kappa shape index (κ1) is 24.3. The minimum Gasteiger partial charge on any atom is -0.273 e. The Labute approximate surface area is 159 Å². The quantitative estimate of drug-likeness (QED) is 0.256. The van der Waals surface area contributed by atoms with Crippen LogP contribution in [0, 0.1) is 11.8 Å². The fourth-order valence-electron chi connectivity index (χ4n) is 2.15. The van der Waals surface area contributed by atoms with Crippen molar-refractivity contribution in [1.82, 2.24) is 10.9 Å². The van der Waals surface area contributed by atoms with Crippen LogP contribution in [-0.4, -0.2) is 24.2 Å². The molecule has 0 aliphatic heterocycles. The predicted octanol–water partition coefficient (Wildman–Crippen LogP) is 4.40. The summed E-state index contributed by atoms with van der Waals surface area (Å²) in [6.07, 6.45) is 12.4. The van der Waals surface area contributed by atoms with Crippen LogP contribution in [0.3, 0.4) is 0 Å². The van der Waals surface area contributed by atoms with Crippen molar-refractivity contribution in [3.05, 3.63) is 0 Å². The van der Waals surface area contributed by atoms with E-state index in [1.54, 1.807) is 12.4 Å². The van der Waals surface area contributed by atoms with Crippen molar-refractivity contribution in [2.75, 3.05) is 0 Å². The Kier molecular flexibility index (Phi) is 15.6. The lowest BCUT2D eigenvalue weighted by molar-refractivity contribution is -0.122. The van der Waals surface area contributed by atoms with E-state index in [0.717, 1.165) is 51.4 Å². The molecule has 0 rings (SSSR count). The van der Waals surface area contributed by atoms with E-state index in [9.17, 15) is 9.59 Å². The summed E-state index contributed by atoms with van der Waals surface area (Å²) in [5, 5.41) is 7.86. The molecule has 0 saturated heterocycles. The number of hydrazone groups is 2. The van der Waals surface area contributed by atoms with Gasteiger partial charge in [0, 0.05) is 25.3 Å². The monoisotopic (exact) mass is 366 g/mol. The molecule has 26 heavy (non-hydrogen) atoms. The summed E-state index contributed by atoms with van der Waals surface area (Å²) < 4.78 is 0. The molecule has 0 aromatic carbocycles. The highest BCUT2D eigenvalue weighted by molar-refractivity contribution is 5.77. The van der Waals surface area contributed by atoms with Gasteiger partial charge in [0.1, 0.15) is 0 Å². The van der Waals surface area contributed by atoms with Crippen molar-refractivity contribution in [3.63, 3.8) is 0 Å². The predicted molar refractivity (Wildman–Crippen MR) is 109 cm³/mol. The van der Waals surface area contributed by atoms with Gasteiger partial charge in [-0.25, -0.2) is 10.9 Å². The topological polar surface area (TPSA) is 82.9 Å². The van der Waals surface area contributed by atoms with Crippen LogP contribution < -0.4 is 10.9 Å². The summed E-state index contributed by atoms with van der Waals surface area (Å²) in [7, 11) is 0. The van der Waals surface area contributed by atoms with Gasteiger partial charge in [-0.15, -0.1) is 0 Å². The van der Waals surface area contributed by atoms with Gasteiger partial charge in [0.05, 0.1) is 0 Å². The molecule has 0 aliphatic carbocycles. The molecular formula is C20H38N4O2. The highest BCUT2D eigenvalue weighted by Gasteiger charge is 2.01. The van der Waals surface area contributed by atoms with Crippen molar-refractivity contribution in [1.29, 1.82) is 0 Å². The Bertz CT molecular complexity index is 392. The van der Waals surface area contributed by atoms with Crippen molar-refractivity contribution in [3.8, 4) is 0 Å². The van der Waals surface area contributed by atoms with E-state index in [0.29, 0.717) is 24.7 Å². The van der Waals surface area contributed by atoms with Gasteiger partial charge in [-0.2, -0.15) is 10.2 Å². The first-order valence-electron chi connectivity index (χ1n) is 10.0. The number of nitrogens with zero attached hydrogens (tertiary/aromatic N) is 2. The van der Waals surface area contributed by atoms with E-state index < -0.39 is 0 Å². The number of hydrogen-bond donors (Lipinski definition) is 2. The van der Waals surface area contributed by atoms with Crippen molar-refractivity contribution in [2.45, 2.75) is 91.9 Å². The van der Waals surface area contributed by atoms with Gasteiger partial charge < -0.3 is 0 Å². The minimum atomic E-state index is -0.0142. The molecule has 0 fully saturated rings.